The number of ether oxygens (including phenoxy) is 3. The molecule has 0 bridgehead atoms. The third-order valence-corrected chi connectivity index (χ3v) is 2.61. The van der Waals surface area contributed by atoms with Crippen LogP contribution in [0.5, 0.6) is 11.5 Å². The van der Waals surface area contributed by atoms with Crippen LogP contribution in [0.4, 0.5) is 0 Å². The first-order valence-electron chi connectivity index (χ1n) is 6.42. The van der Waals surface area contributed by atoms with E-state index in [0.29, 0.717) is 11.5 Å². The maximum Gasteiger partial charge on any atom is 0.161 e. The van der Waals surface area contributed by atoms with Gasteiger partial charge in [0, 0.05) is 20.3 Å². The van der Waals surface area contributed by atoms with Crippen molar-refractivity contribution in [3.8, 4) is 11.5 Å². The van der Waals surface area contributed by atoms with E-state index in [-0.39, 0.29) is 13.2 Å². The van der Waals surface area contributed by atoms with Gasteiger partial charge in [-0.1, -0.05) is 6.07 Å². The van der Waals surface area contributed by atoms with Gasteiger partial charge in [0.05, 0.1) is 13.7 Å². The van der Waals surface area contributed by atoms with Gasteiger partial charge in [-0.25, -0.2) is 0 Å². The summed E-state index contributed by atoms with van der Waals surface area (Å²) >= 11 is 0. The van der Waals surface area contributed by atoms with E-state index in [1.807, 2.05) is 18.2 Å². The smallest absolute Gasteiger partial charge is 0.161 e. The van der Waals surface area contributed by atoms with Crippen molar-refractivity contribution in [1.82, 2.24) is 5.32 Å². The van der Waals surface area contributed by atoms with Crippen molar-refractivity contribution in [2.24, 2.45) is 0 Å². The molecule has 0 saturated heterocycles. The molecule has 0 amide bonds. The van der Waals surface area contributed by atoms with Crippen LogP contribution in [0.25, 0.3) is 0 Å². The molecule has 5 heteroatoms. The Balaban J connectivity index is 2.46. The SMILES string of the molecule is COCCCNCc1ccc(OCCO)c(OC)c1. The number of benzene rings is 1. The van der Waals surface area contributed by atoms with Crippen molar-refractivity contribution in [1.29, 1.82) is 0 Å². The quantitative estimate of drug-likeness (QED) is 0.625. The molecular weight excluding hydrogens is 246 g/mol. The number of hydrogen-bond donors (Lipinski definition) is 2. The molecule has 0 heterocycles. The van der Waals surface area contributed by atoms with Gasteiger partial charge in [0.1, 0.15) is 6.61 Å². The van der Waals surface area contributed by atoms with Crippen molar-refractivity contribution < 1.29 is 19.3 Å². The summed E-state index contributed by atoms with van der Waals surface area (Å²) < 4.78 is 15.6. The van der Waals surface area contributed by atoms with Crippen molar-refractivity contribution >= 4 is 0 Å². The van der Waals surface area contributed by atoms with Gasteiger partial charge in [0.15, 0.2) is 11.5 Å². The van der Waals surface area contributed by atoms with Gasteiger partial charge in [-0.3, -0.25) is 0 Å². The Hall–Kier alpha value is -1.30. The minimum Gasteiger partial charge on any atom is -0.493 e. The average molecular weight is 269 g/mol. The Bertz CT molecular complexity index is 357. The zero-order valence-electron chi connectivity index (χ0n) is 11.6. The highest BCUT2D eigenvalue weighted by molar-refractivity contribution is 5.42. The van der Waals surface area contributed by atoms with Gasteiger partial charge < -0.3 is 24.6 Å². The summed E-state index contributed by atoms with van der Waals surface area (Å²) in [6, 6.07) is 5.79. The molecule has 0 aliphatic carbocycles. The Labute approximate surface area is 114 Å². The molecule has 5 nitrogen and oxygen atoms in total. The summed E-state index contributed by atoms with van der Waals surface area (Å²) in [7, 11) is 3.31. The van der Waals surface area contributed by atoms with Crippen LogP contribution in [0.3, 0.4) is 0 Å². The van der Waals surface area contributed by atoms with E-state index in [2.05, 4.69) is 5.32 Å². The molecule has 108 valence electrons. The van der Waals surface area contributed by atoms with Crippen molar-refractivity contribution in [2.45, 2.75) is 13.0 Å². The molecule has 0 radical (unpaired) electrons. The lowest BCUT2D eigenvalue weighted by atomic mass is 10.2. The van der Waals surface area contributed by atoms with Crippen LogP contribution in [-0.4, -0.2) is 45.7 Å². The minimum atomic E-state index is -0.00798. The summed E-state index contributed by atoms with van der Waals surface area (Å²) in [6.07, 6.45) is 0.991. The summed E-state index contributed by atoms with van der Waals surface area (Å²) in [5, 5.41) is 12.1. The fraction of sp³-hybridized carbons (Fsp3) is 0.571. The monoisotopic (exact) mass is 269 g/mol. The van der Waals surface area contributed by atoms with E-state index in [0.717, 1.165) is 31.7 Å². The zero-order valence-corrected chi connectivity index (χ0v) is 11.6. The third kappa shape index (κ3) is 5.92. The molecule has 1 aromatic carbocycles. The topological polar surface area (TPSA) is 60.0 Å². The van der Waals surface area contributed by atoms with Crippen molar-refractivity contribution in [3.05, 3.63) is 23.8 Å². The summed E-state index contributed by atoms with van der Waals surface area (Å²) in [6.45, 7) is 2.72. The number of hydrogen-bond acceptors (Lipinski definition) is 5. The molecule has 1 aromatic rings. The van der Waals surface area contributed by atoms with E-state index in [9.17, 15) is 0 Å². The minimum absolute atomic E-state index is 0.00798. The maximum atomic E-state index is 8.75. The second kappa shape index (κ2) is 9.61. The van der Waals surface area contributed by atoms with Gasteiger partial charge in [-0.15, -0.1) is 0 Å². The van der Waals surface area contributed by atoms with E-state index in [1.54, 1.807) is 14.2 Å². The highest BCUT2D eigenvalue weighted by Crippen LogP contribution is 2.27. The Kier molecular flexibility index (Phi) is 7.97. The van der Waals surface area contributed by atoms with E-state index in [4.69, 9.17) is 19.3 Å². The van der Waals surface area contributed by atoms with Gasteiger partial charge >= 0.3 is 0 Å². The standard InChI is InChI=1S/C14H23NO4/c1-17-8-3-6-15-11-12-4-5-13(19-9-7-16)14(10-12)18-2/h4-5,10,15-16H,3,6-9,11H2,1-2H3. The number of aliphatic hydroxyl groups is 1. The first-order valence-corrected chi connectivity index (χ1v) is 6.42. The molecule has 0 aliphatic heterocycles. The van der Waals surface area contributed by atoms with Gasteiger partial charge in [0.2, 0.25) is 0 Å². The van der Waals surface area contributed by atoms with Crippen LogP contribution in [0.1, 0.15) is 12.0 Å². The molecule has 0 atom stereocenters. The first kappa shape index (κ1) is 15.8. The van der Waals surface area contributed by atoms with Crippen LogP contribution in [0.15, 0.2) is 18.2 Å². The maximum absolute atomic E-state index is 8.75. The molecule has 1 rings (SSSR count). The van der Waals surface area contributed by atoms with Crippen LogP contribution in [0, 0.1) is 0 Å². The van der Waals surface area contributed by atoms with Crippen LogP contribution in [0.2, 0.25) is 0 Å². The van der Waals surface area contributed by atoms with E-state index in [1.165, 1.54) is 0 Å². The predicted octanol–water partition coefficient (Wildman–Crippen LogP) is 1.19. The van der Waals surface area contributed by atoms with Gasteiger partial charge in [-0.2, -0.15) is 0 Å². The van der Waals surface area contributed by atoms with Gasteiger partial charge in [0.25, 0.3) is 0 Å². The second-order valence-electron chi connectivity index (χ2n) is 4.08. The lowest BCUT2D eigenvalue weighted by molar-refractivity contribution is 0.194. The lowest BCUT2D eigenvalue weighted by Crippen LogP contribution is -2.16. The zero-order chi connectivity index (χ0) is 13.9. The number of aliphatic hydroxyl groups excluding tert-OH is 1. The highest BCUT2D eigenvalue weighted by atomic mass is 16.5. The highest BCUT2D eigenvalue weighted by Gasteiger charge is 2.05. The summed E-state index contributed by atoms with van der Waals surface area (Å²) in [5.41, 5.74) is 1.13. The van der Waals surface area contributed by atoms with Gasteiger partial charge in [-0.05, 0) is 30.7 Å². The molecule has 2 N–H and O–H groups in total. The molecule has 0 aromatic heterocycles. The molecule has 0 saturated carbocycles. The van der Waals surface area contributed by atoms with Crippen LogP contribution in [-0.2, 0) is 11.3 Å². The molecular formula is C14H23NO4. The largest absolute Gasteiger partial charge is 0.493 e. The predicted molar refractivity (Wildman–Crippen MR) is 73.8 cm³/mol. The molecule has 0 fully saturated rings. The second-order valence-corrected chi connectivity index (χ2v) is 4.08. The average Bonchev–Trinajstić information content (AvgIpc) is 2.45. The first-order chi connectivity index (χ1) is 9.31. The Morgan fingerprint density at radius 3 is 2.68 bits per heavy atom. The van der Waals surface area contributed by atoms with E-state index >= 15 is 0 Å². The fourth-order valence-electron chi connectivity index (χ4n) is 1.67. The number of methoxy groups -OCH3 is 2. The molecule has 19 heavy (non-hydrogen) atoms. The fourth-order valence-corrected chi connectivity index (χ4v) is 1.67. The van der Waals surface area contributed by atoms with Crippen molar-refractivity contribution in [2.75, 3.05) is 40.6 Å². The Morgan fingerprint density at radius 2 is 2.00 bits per heavy atom. The molecule has 0 aliphatic rings. The normalized spacial score (nSPS) is 10.5. The van der Waals surface area contributed by atoms with E-state index < -0.39 is 0 Å². The van der Waals surface area contributed by atoms with Crippen molar-refractivity contribution in [3.63, 3.8) is 0 Å². The Morgan fingerprint density at radius 1 is 1.16 bits per heavy atom. The number of rotatable bonds is 10. The lowest BCUT2D eigenvalue weighted by Gasteiger charge is -2.12. The molecule has 0 unspecified atom stereocenters. The summed E-state index contributed by atoms with van der Waals surface area (Å²) in [4.78, 5) is 0. The third-order valence-electron chi connectivity index (χ3n) is 2.61. The van der Waals surface area contributed by atoms with Crippen LogP contribution >= 0.6 is 0 Å². The summed E-state index contributed by atoms with van der Waals surface area (Å²) in [5.74, 6) is 1.34. The molecule has 0 spiro atoms. The van der Waals surface area contributed by atoms with Crippen LogP contribution < -0.4 is 14.8 Å². The number of nitrogens with one attached hydrogen (secondary N) is 1.